The van der Waals surface area contributed by atoms with Gasteiger partial charge in [-0.05, 0) is 31.9 Å². The molecule has 0 aliphatic carbocycles. The molecule has 0 spiro atoms. The summed E-state index contributed by atoms with van der Waals surface area (Å²) in [4.78, 5) is 11.8. The van der Waals surface area contributed by atoms with Gasteiger partial charge < -0.3 is 5.32 Å². The Morgan fingerprint density at radius 2 is 1.95 bits per heavy atom. The normalized spacial score (nSPS) is 10.9. The van der Waals surface area contributed by atoms with E-state index in [0.717, 1.165) is 29.5 Å². The molecule has 0 aromatic heterocycles. The highest BCUT2D eigenvalue weighted by Gasteiger charge is 2.08. The fourth-order valence-electron chi connectivity index (χ4n) is 1.88. The van der Waals surface area contributed by atoms with Crippen LogP contribution in [0.2, 0.25) is 0 Å². The van der Waals surface area contributed by atoms with E-state index in [0.29, 0.717) is 6.54 Å². The van der Waals surface area contributed by atoms with Crippen LogP contribution in [0.25, 0.3) is 6.08 Å². The number of aryl methyl sites for hydroxylation is 2. The molecule has 0 radical (unpaired) electrons. The highest BCUT2D eigenvalue weighted by atomic mass is 16.1. The Hall–Kier alpha value is -2.08. The van der Waals surface area contributed by atoms with Crippen molar-refractivity contribution in [1.29, 1.82) is 5.26 Å². The van der Waals surface area contributed by atoms with Gasteiger partial charge in [0.1, 0.15) is 11.6 Å². The van der Waals surface area contributed by atoms with Gasteiger partial charge in [0.2, 0.25) is 0 Å². The number of hydrogen-bond acceptors (Lipinski definition) is 2. The predicted octanol–water partition coefficient (Wildman–Crippen LogP) is 3.13. The lowest BCUT2D eigenvalue weighted by atomic mass is 10.0. The Kier molecular flexibility index (Phi) is 5.81. The lowest BCUT2D eigenvalue weighted by Gasteiger charge is -2.04. The fourth-order valence-corrected chi connectivity index (χ4v) is 1.88. The number of carbonyl (C=O) groups excluding carboxylic acids is 1. The third-order valence-corrected chi connectivity index (χ3v) is 2.74. The maximum absolute atomic E-state index is 11.8. The first-order valence-electron chi connectivity index (χ1n) is 6.55. The van der Waals surface area contributed by atoms with Crippen LogP contribution in [0.15, 0.2) is 23.8 Å². The first kappa shape index (κ1) is 15.0. The molecule has 3 nitrogen and oxygen atoms in total. The molecule has 100 valence electrons. The summed E-state index contributed by atoms with van der Waals surface area (Å²) in [5.74, 6) is -0.296. The molecule has 3 heteroatoms. The van der Waals surface area contributed by atoms with E-state index in [2.05, 4.69) is 18.3 Å². The molecule has 19 heavy (non-hydrogen) atoms. The van der Waals surface area contributed by atoms with Gasteiger partial charge in [-0.15, -0.1) is 0 Å². The minimum atomic E-state index is -0.296. The summed E-state index contributed by atoms with van der Waals surface area (Å²) in [6, 6.07) is 7.95. The molecule has 0 fully saturated rings. The summed E-state index contributed by atoms with van der Waals surface area (Å²) < 4.78 is 0. The van der Waals surface area contributed by atoms with Crippen LogP contribution in [0.1, 0.15) is 36.5 Å². The Balaban J connectivity index is 2.87. The van der Waals surface area contributed by atoms with E-state index in [1.54, 1.807) is 6.08 Å². The van der Waals surface area contributed by atoms with Crippen molar-refractivity contribution in [3.05, 3.63) is 40.5 Å². The number of nitriles is 1. The van der Waals surface area contributed by atoms with Crippen LogP contribution in [0.4, 0.5) is 0 Å². The van der Waals surface area contributed by atoms with Crippen LogP contribution in [0.3, 0.4) is 0 Å². The third kappa shape index (κ3) is 4.97. The first-order valence-corrected chi connectivity index (χ1v) is 6.55. The summed E-state index contributed by atoms with van der Waals surface area (Å²) >= 11 is 0. The van der Waals surface area contributed by atoms with Gasteiger partial charge in [0, 0.05) is 6.54 Å². The van der Waals surface area contributed by atoms with E-state index < -0.39 is 0 Å². The van der Waals surface area contributed by atoms with Crippen LogP contribution in [-0.2, 0) is 4.79 Å². The number of unbranched alkanes of at least 4 members (excludes halogenated alkanes) is 1. The molecule has 0 saturated carbocycles. The lowest BCUT2D eigenvalue weighted by Crippen LogP contribution is -2.25. The molecule has 0 aliphatic rings. The lowest BCUT2D eigenvalue weighted by molar-refractivity contribution is -0.117. The van der Waals surface area contributed by atoms with E-state index in [-0.39, 0.29) is 11.5 Å². The van der Waals surface area contributed by atoms with Gasteiger partial charge in [0.25, 0.3) is 5.91 Å². The van der Waals surface area contributed by atoms with Crippen LogP contribution < -0.4 is 5.32 Å². The summed E-state index contributed by atoms with van der Waals surface area (Å²) in [6.07, 6.45) is 3.58. The van der Waals surface area contributed by atoms with Crippen molar-refractivity contribution >= 4 is 12.0 Å². The number of amides is 1. The number of hydrogen-bond donors (Lipinski definition) is 1. The number of benzene rings is 1. The van der Waals surface area contributed by atoms with Gasteiger partial charge in [-0.1, -0.05) is 42.7 Å². The van der Waals surface area contributed by atoms with Crippen molar-refractivity contribution in [3.63, 3.8) is 0 Å². The number of carbonyl (C=O) groups is 1. The van der Waals surface area contributed by atoms with Crippen LogP contribution in [-0.4, -0.2) is 12.5 Å². The molecule has 1 aromatic rings. The Morgan fingerprint density at radius 1 is 1.32 bits per heavy atom. The zero-order valence-electron chi connectivity index (χ0n) is 11.8. The van der Waals surface area contributed by atoms with Gasteiger partial charge in [-0.3, -0.25) is 4.79 Å². The van der Waals surface area contributed by atoms with Gasteiger partial charge in [-0.25, -0.2) is 0 Å². The van der Waals surface area contributed by atoms with E-state index in [1.807, 2.05) is 32.0 Å². The molecular formula is C16H20N2O. The molecule has 1 aromatic carbocycles. The first-order chi connectivity index (χ1) is 9.06. The Bertz CT molecular complexity index is 504. The van der Waals surface area contributed by atoms with Gasteiger partial charge in [0.15, 0.2) is 0 Å². The van der Waals surface area contributed by atoms with E-state index in [9.17, 15) is 4.79 Å². The van der Waals surface area contributed by atoms with Crippen LogP contribution in [0, 0.1) is 25.2 Å². The SMILES string of the molecule is CCCCNC(=O)C(C#N)=Cc1cc(C)cc(C)c1. The van der Waals surface area contributed by atoms with Crippen molar-refractivity contribution < 1.29 is 4.79 Å². The predicted molar refractivity (Wildman–Crippen MR) is 77.4 cm³/mol. The van der Waals surface area contributed by atoms with E-state index in [1.165, 1.54) is 0 Å². The highest BCUT2D eigenvalue weighted by molar-refractivity contribution is 6.01. The van der Waals surface area contributed by atoms with Crippen molar-refractivity contribution in [2.75, 3.05) is 6.54 Å². The van der Waals surface area contributed by atoms with Gasteiger partial charge in [0.05, 0.1) is 0 Å². The molecule has 0 atom stereocenters. The average molecular weight is 256 g/mol. The van der Waals surface area contributed by atoms with E-state index >= 15 is 0 Å². The number of nitrogens with zero attached hydrogens (tertiary/aromatic N) is 1. The number of nitrogens with one attached hydrogen (secondary N) is 1. The number of rotatable bonds is 5. The molecule has 0 heterocycles. The molecule has 0 saturated heterocycles. The average Bonchev–Trinajstić information content (AvgIpc) is 2.35. The maximum atomic E-state index is 11.8. The largest absolute Gasteiger partial charge is 0.351 e. The van der Waals surface area contributed by atoms with Crippen molar-refractivity contribution in [2.24, 2.45) is 0 Å². The zero-order chi connectivity index (χ0) is 14.3. The maximum Gasteiger partial charge on any atom is 0.261 e. The Labute approximate surface area is 114 Å². The summed E-state index contributed by atoms with van der Waals surface area (Å²) in [6.45, 7) is 6.67. The monoisotopic (exact) mass is 256 g/mol. The molecular weight excluding hydrogens is 236 g/mol. The third-order valence-electron chi connectivity index (χ3n) is 2.74. The highest BCUT2D eigenvalue weighted by Crippen LogP contribution is 2.12. The molecule has 0 unspecified atom stereocenters. The fraction of sp³-hybridized carbons (Fsp3) is 0.375. The topological polar surface area (TPSA) is 52.9 Å². The van der Waals surface area contributed by atoms with Crippen molar-refractivity contribution in [3.8, 4) is 6.07 Å². The molecule has 1 rings (SSSR count). The molecule has 0 aliphatic heterocycles. The quantitative estimate of drug-likeness (QED) is 0.500. The standard InChI is InChI=1S/C16H20N2O/c1-4-5-6-18-16(19)15(11-17)10-14-8-12(2)7-13(3)9-14/h7-10H,4-6H2,1-3H3,(H,18,19). The molecule has 0 bridgehead atoms. The van der Waals surface area contributed by atoms with Crippen molar-refractivity contribution in [1.82, 2.24) is 5.32 Å². The molecule has 1 N–H and O–H groups in total. The minimum Gasteiger partial charge on any atom is -0.351 e. The second-order valence-electron chi connectivity index (χ2n) is 4.70. The second-order valence-corrected chi connectivity index (χ2v) is 4.70. The smallest absolute Gasteiger partial charge is 0.261 e. The summed E-state index contributed by atoms with van der Waals surface area (Å²) in [5, 5.41) is 11.8. The van der Waals surface area contributed by atoms with Crippen molar-refractivity contribution in [2.45, 2.75) is 33.6 Å². The van der Waals surface area contributed by atoms with Gasteiger partial charge >= 0.3 is 0 Å². The second kappa shape index (κ2) is 7.38. The van der Waals surface area contributed by atoms with Crippen LogP contribution in [0.5, 0.6) is 0 Å². The zero-order valence-corrected chi connectivity index (χ0v) is 11.8. The minimum absolute atomic E-state index is 0.154. The van der Waals surface area contributed by atoms with Crippen LogP contribution >= 0.6 is 0 Å². The summed E-state index contributed by atoms with van der Waals surface area (Å²) in [7, 11) is 0. The molecule has 1 amide bonds. The summed E-state index contributed by atoms with van der Waals surface area (Å²) in [5.41, 5.74) is 3.28. The van der Waals surface area contributed by atoms with Gasteiger partial charge in [-0.2, -0.15) is 5.26 Å². The Morgan fingerprint density at radius 3 is 2.47 bits per heavy atom. The van der Waals surface area contributed by atoms with E-state index in [4.69, 9.17) is 5.26 Å².